The van der Waals surface area contributed by atoms with Crippen LogP contribution in [-0.2, 0) is 0 Å². The molecule has 0 radical (unpaired) electrons. The van der Waals surface area contributed by atoms with Gasteiger partial charge in [0.2, 0.25) is 0 Å². The summed E-state index contributed by atoms with van der Waals surface area (Å²) in [4.78, 5) is 8.53. The summed E-state index contributed by atoms with van der Waals surface area (Å²) in [5.74, 6) is 6.30. The van der Waals surface area contributed by atoms with Crippen molar-refractivity contribution in [2.24, 2.45) is 5.84 Å². The minimum atomic E-state index is 0.916. The molecule has 0 saturated heterocycles. The third-order valence-corrected chi connectivity index (χ3v) is 4.25. The molecule has 26 heavy (non-hydrogen) atoms. The van der Waals surface area contributed by atoms with Gasteiger partial charge in [0.15, 0.2) is 0 Å². The fraction of sp³-hybridized carbons (Fsp3) is 0. The topological polar surface area (TPSA) is 55.0 Å². The molecule has 4 nitrogen and oxygen atoms in total. The fourth-order valence-electron chi connectivity index (χ4n) is 2.82. The van der Waals surface area contributed by atoms with Crippen molar-refractivity contribution in [2.75, 3.05) is 5.01 Å². The quantitative estimate of drug-likeness (QED) is 0.428. The van der Waals surface area contributed by atoms with Crippen LogP contribution < -0.4 is 10.9 Å². The minimum absolute atomic E-state index is 0.916. The van der Waals surface area contributed by atoms with E-state index in [-0.39, 0.29) is 0 Å². The number of hydrogen-bond donors (Lipinski definition) is 1. The minimum Gasteiger partial charge on any atom is -0.280 e. The van der Waals surface area contributed by atoms with Crippen molar-refractivity contribution in [3.8, 4) is 22.4 Å². The van der Waals surface area contributed by atoms with Gasteiger partial charge in [0.05, 0.1) is 17.1 Å². The van der Waals surface area contributed by atoms with Crippen LogP contribution >= 0.6 is 0 Å². The van der Waals surface area contributed by atoms with E-state index in [9.17, 15) is 0 Å². The summed E-state index contributed by atoms with van der Waals surface area (Å²) in [6.07, 6.45) is 5.42. The smallest absolute Gasteiger partial charge is 0.0701 e. The van der Waals surface area contributed by atoms with Crippen LogP contribution in [0.15, 0.2) is 97.5 Å². The number of nitrogens with zero attached hydrogens (tertiary/aromatic N) is 3. The summed E-state index contributed by atoms with van der Waals surface area (Å²) < 4.78 is 0. The molecule has 2 aromatic heterocycles. The molecule has 0 amide bonds. The first kappa shape index (κ1) is 16.0. The highest BCUT2D eigenvalue weighted by molar-refractivity contribution is 5.70. The van der Waals surface area contributed by atoms with Crippen molar-refractivity contribution in [3.05, 3.63) is 97.5 Å². The molecule has 4 heteroatoms. The molecule has 0 fully saturated rings. The molecule has 4 rings (SSSR count). The summed E-state index contributed by atoms with van der Waals surface area (Å²) in [6, 6.07) is 26.0. The molecule has 0 aliphatic heterocycles. The molecule has 0 aliphatic rings. The molecule has 2 aromatic carbocycles. The lowest BCUT2D eigenvalue weighted by molar-refractivity contribution is 1.09. The lowest BCUT2D eigenvalue weighted by Gasteiger charge is -2.19. The van der Waals surface area contributed by atoms with Gasteiger partial charge in [-0.15, -0.1) is 0 Å². The number of pyridine rings is 2. The highest BCUT2D eigenvalue weighted by atomic mass is 15.4. The third kappa shape index (κ3) is 3.31. The van der Waals surface area contributed by atoms with Crippen LogP contribution in [0.1, 0.15) is 0 Å². The van der Waals surface area contributed by atoms with Crippen molar-refractivity contribution < 1.29 is 0 Å². The maximum atomic E-state index is 6.30. The highest BCUT2D eigenvalue weighted by Crippen LogP contribution is 2.27. The lowest BCUT2D eigenvalue weighted by Crippen LogP contribution is -2.24. The molecule has 2 N–H and O–H groups in total. The number of hydrazine groups is 1. The van der Waals surface area contributed by atoms with E-state index in [1.54, 1.807) is 17.4 Å². The van der Waals surface area contributed by atoms with Crippen LogP contribution in [0.5, 0.6) is 0 Å². The average molecular weight is 338 g/mol. The van der Waals surface area contributed by atoms with Crippen LogP contribution in [0.25, 0.3) is 22.4 Å². The first-order chi connectivity index (χ1) is 12.8. The van der Waals surface area contributed by atoms with Gasteiger partial charge in [-0.2, -0.15) is 0 Å². The van der Waals surface area contributed by atoms with Gasteiger partial charge in [-0.3, -0.25) is 15.0 Å². The maximum Gasteiger partial charge on any atom is 0.0701 e. The van der Waals surface area contributed by atoms with Gasteiger partial charge in [0.25, 0.3) is 0 Å². The van der Waals surface area contributed by atoms with Crippen LogP contribution in [0.4, 0.5) is 11.4 Å². The second-order valence-corrected chi connectivity index (χ2v) is 5.92. The molecule has 0 saturated carbocycles. The zero-order valence-corrected chi connectivity index (χ0v) is 14.2. The Morgan fingerprint density at radius 1 is 0.615 bits per heavy atom. The molecule has 0 bridgehead atoms. The van der Waals surface area contributed by atoms with Crippen LogP contribution in [0.3, 0.4) is 0 Å². The number of rotatable bonds is 4. The van der Waals surface area contributed by atoms with E-state index in [0.29, 0.717) is 0 Å². The van der Waals surface area contributed by atoms with Gasteiger partial charge in [0, 0.05) is 24.2 Å². The van der Waals surface area contributed by atoms with Crippen LogP contribution in [0, 0.1) is 0 Å². The zero-order chi connectivity index (χ0) is 17.8. The molecule has 4 aromatic rings. The summed E-state index contributed by atoms with van der Waals surface area (Å²) >= 11 is 0. The van der Waals surface area contributed by atoms with E-state index in [0.717, 1.165) is 33.8 Å². The first-order valence-electron chi connectivity index (χ1n) is 8.38. The predicted octanol–water partition coefficient (Wildman–Crippen LogP) is 4.82. The molecule has 0 spiro atoms. The number of nitrogens with two attached hydrogens (primary N) is 1. The Balaban J connectivity index is 1.55. The van der Waals surface area contributed by atoms with E-state index >= 15 is 0 Å². The Kier molecular flexibility index (Phi) is 4.41. The molecule has 0 atom stereocenters. The van der Waals surface area contributed by atoms with Crippen molar-refractivity contribution in [2.45, 2.75) is 0 Å². The largest absolute Gasteiger partial charge is 0.280 e. The van der Waals surface area contributed by atoms with Crippen LogP contribution in [0.2, 0.25) is 0 Å². The van der Waals surface area contributed by atoms with Gasteiger partial charge >= 0.3 is 0 Å². The van der Waals surface area contributed by atoms with E-state index in [1.807, 2.05) is 72.9 Å². The van der Waals surface area contributed by atoms with Gasteiger partial charge in [0.1, 0.15) is 0 Å². The van der Waals surface area contributed by atoms with Crippen molar-refractivity contribution >= 4 is 11.4 Å². The third-order valence-electron chi connectivity index (χ3n) is 4.25. The standard InChI is InChI=1S/C22H18N4/c23-26(20-10-6-17(7-11-20)19-4-3-14-24-16-19)21-12-8-18(9-13-21)22-5-1-2-15-25-22/h1-16H,23H2. The van der Waals surface area contributed by atoms with E-state index in [4.69, 9.17) is 5.84 Å². The fourth-order valence-corrected chi connectivity index (χ4v) is 2.82. The maximum absolute atomic E-state index is 6.30. The Morgan fingerprint density at radius 3 is 1.88 bits per heavy atom. The Labute approximate surface area is 152 Å². The monoisotopic (exact) mass is 338 g/mol. The SMILES string of the molecule is NN(c1ccc(-c2cccnc2)cc1)c1ccc(-c2ccccn2)cc1. The van der Waals surface area contributed by atoms with E-state index in [2.05, 4.69) is 22.1 Å². The van der Waals surface area contributed by atoms with Crippen LogP contribution in [-0.4, -0.2) is 9.97 Å². The summed E-state index contributed by atoms with van der Waals surface area (Å²) in [5, 5.41) is 1.68. The van der Waals surface area contributed by atoms with Gasteiger partial charge in [-0.05, 0) is 53.6 Å². The highest BCUT2D eigenvalue weighted by Gasteiger charge is 2.06. The summed E-state index contributed by atoms with van der Waals surface area (Å²) in [7, 11) is 0. The predicted molar refractivity (Wildman–Crippen MR) is 106 cm³/mol. The molecule has 0 aliphatic carbocycles. The Bertz CT molecular complexity index is 883. The number of benzene rings is 2. The lowest BCUT2D eigenvalue weighted by atomic mass is 10.1. The Hall–Kier alpha value is -3.50. The second kappa shape index (κ2) is 7.17. The molecular weight excluding hydrogens is 320 g/mol. The zero-order valence-electron chi connectivity index (χ0n) is 14.2. The van der Waals surface area contributed by atoms with Gasteiger partial charge in [-0.1, -0.05) is 36.4 Å². The van der Waals surface area contributed by atoms with Gasteiger partial charge < -0.3 is 0 Å². The molecular formula is C22H18N4. The summed E-state index contributed by atoms with van der Waals surface area (Å²) in [6.45, 7) is 0. The van der Waals surface area contributed by atoms with E-state index in [1.165, 1.54) is 0 Å². The first-order valence-corrected chi connectivity index (χ1v) is 8.38. The normalized spacial score (nSPS) is 10.5. The van der Waals surface area contributed by atoms with Crippen molar-refractivity contribution in [1.29, 1.82) is 0 Å². The summed E-state index contributed by atoms with van der Waals surface area (Å²) in [5.41, 5.74) is 6.04. The van der Waals surface area contributed by atoms with Gasteiger partial charge in [-0.25, -0.2) is 5.84 Å². The molecule has 2 heterocycles. The van der Waals surface area contributed by atoms with Crippen molar-refractivity contribution in [1.82, 2.24) is 9.97 Å². The number of aromatic nitrogens is 2. The van der Waals surface area contributed by atoms with E-state index < -0.39 is 0 Å². The number of anilines is 2. The average Bonchev–Trinajstić information content (AvgIpc) is 2.75. The number of hydrogen-bond acceptors (Lipinski definition) is 4. The molecule has 0 unspecified atom stereocenters. The molecule has 126 valence electrons. The second-order valence-electron chi connectivity index (χ2n) is 5.92. The Morgan fingerprint density at radius 2 is 1.31 bits per heavy atom. The van der Waals surface area contributed by atoms with Crippen molar-refractivity contribution in [3.63, 3.8) is 0 Å².